The molecule has 0 bridgehead atoms. The van der Waals surface area contributed by atoms with Crippen LogP contribution in [0.3, 0.4) is 0 Å². The van der Waals surface area contributed by atoms with Crippen LogP contribution in [0.15, 0.2) is 24.3 Å². The van der Waals surface area contributed by atoms with Gasteiger partial charge in [-0.2, -0.15) is 0 Å². The van der Waals surface area contributed by atoms with Crippen LogP contribution < -0.4 is 0 Å². The van der Waals surface area contributed by atoms with E-state index in [0.717, 1.165) is 24.3 Å². The van der Waals surface area contributed by atoms with Gasteiger partial charge in [-0.15, -0.1) is 11.6 Å². The Balaban J connectivity index is 2.02. The van der Waals surface area contributed by atoms with Crippen LogP contribution in [0.4, 0.5) is 5.69 Å². The Bertz CT molecular complexity index is 458. The third-order valence-corrected chi connectivity index (χ3v) is 5.09. The number of non-ortho nitro benzene ring substituents is 1. The normalized spacial score (nSPS) is 26.7. The molecule has 4 heteroatoms. The summed E-state index contributed by atoms with van der Waals surface area (Å²) in [6.45, 7) is 4.56. The minimum atomic E-state index is -0.358. The number of alkyl halides is 1. The van der Waals surface area contributed by atoms with Crippen molar-refractivity contribution in [3.63, 3.8) is 0 Å². The van der Waals surface area contributed by atoms with Gasteiger partial charge in [-0.05, 0) is 49.0 Å². The van der Waals surface area contributed by atoms with Crippen molar-refractivity contribution in [1.29, 1.82) is 0 Å². The lowest BCUT2D eigenvalue weighted by Crippen LogP contribution is -2.29. The van der Waals surface area contributed by atoms with Crippen molar-refractivity contribution in [3.8, 4) is 0 Å². The fourth-order valence-corrected chi connectivity index (χ4v) is 3.45. The molecule has 1 aromatic carbocycles. The predicted molar refractivity (Wildman–Crippen MR) is 82.1 cm³/mol. The molecule has 110 valence electrons. The van der Waals surface area contributed by atoms with E-state index < -0.39 is 0 Å². The molecule has 3 atom stereocenters. The lowest BCUT2D eigenvalue weighted by molar-refractivity contribution is -0.384. The number of benzene rings is 1. The van der Waals surface area contributed by atoms with E-state index in [1.165, 1.54) is 12.8 Å². The second kappa shape index (κ2) is 6.57. The van der Waals surface area contributed by atoms with Gasteiger partial charge in [0.2, 0.25) is 0 Å². The SMILES string of the molecule is CC(C)C1CCC(Cl)C(Cc2ccc([N+](=O)[O-])cc2)C1. The molecule has 1 aromatic rings. The number of rotatable bonds is 4. The molecule has 0 N–H and O–H groups in total. The first-order valence-corrected chi connectivity index (χ1v) is 7.78. The lowest BCUT2D eigenvalue weighted by atomic mass is 9.74. The number of nitro groups is 1. The summed E-state index contributed by atoms with van der Waals surface area (Å²) >= 11 is 6.48. The predicted octanol–water partition coefficient (Wildman–Crippen LogP) is 4.82. The van der Waals surface area contributed by atoms with Crippen molar-refractivity contribution in [1.82, 2.24) is 0 Å². The zero-order chi connectivity index (χ0) is 14.7. The Hall–Kier alpha value is -1.09. The Morgan fingerprint density at radius 2 is 1.95 bits per heavy atom. The summed E-state index contributed by atoms with van der Waals surface area (Å²) in [5, 5.41) is 10.9. The maximum atomic E-state index is 10.7. The van der Waals surface area contributed by atoms with Gasteiger partial charge in [0.25, 0.3) is 5.69 Å². The standard InChI is InChI=1S/C16H22ClNO2/c1-11(2)13-5-8-16(17)14(10-13)9-12-3-6-15(7-4-12)18(19)20/h3-4,6-7,11,13-14,16H,5,8-10H2,1-2H3. The molecule has 0 saturated heterocycles. The summed E-state index contributed by atoms with van der Waals surface area (Å²) in [4.78, 5) is 10.3. The van der Waals surface area contributed by atoms with Gasteiger partial charge in [0.15, 0.2) is 0 Å². The van der Waals surface area contributed by atoms with Crippen LogP contribution in [-0.2, 0) is 6.42 Å². The number of nitro benzene ring substituents is 1. The molecular formula is C16H22ClNO2. The minimum absolute atomic E-state index is 0.153. The summed E-state index contributed by atoms with van der Waals surface area (Å²) in [6, 6.07) is 6.89. The highest BCUT2D eigenvalue weighted by Gasteiger charge is 2.30. The Morgan fingerprint density at radius 3 is 2.50 bits per heavy atom. The third kappa shape index (κ3) is 3.72. The average Bonchev–Trinajstić information content (AvgIpc) is 2.41. The molecule has 0 amide bonds. The van der Waals surface area contributed by atoms with E-state index in [2.05, 4.69) is 13.8 Å². The molecule has 0 aliphatic heterocycles. The quantitative estimate of drug-likeness (QED) is 0.454. The summed E-state index contributed by atoms with van der Waals surface area (Å²) in [7, 11) is 0. The largest absolute Gasteiger partial charge is 0.269 e. The smallest absolute Gasteiger partial charge is 0.258 e. The Labute approximate surface area is 125 Å². The number of hydrogen-bond donors (Lipinski definition) is 0. The molecule has 0 heterocycles. The van der Waals surface area contributed by atoms with E-state index in [1.54, 1.807) is 12.1 Å². The van der Waals surface area contributed by atoms with Crippen LogP contribution in [0, 0.1) is 27.9 Å². The second-order valence-electron chi connectivity index (χ2n) is 6.22. The van der Waals surface area contributed by atoms with Gasteiger partial charge >= 0.3 is 0 Å². The first kappa shape index (κ1) is 15.3. The average molecular weight is 296 g/mol. The summed E-state index contributed by atoms with van der Waals surface area (Å²) in [6.07, 6.45) is 4.41. The topological polar surface area (TPSA) is 43.1 Å². The molecule has 3 unspecified atom stereocenters. The molecule has 1 saturated carbocycles. The number of hydrogen-bond acceptors (Lipinski definition) is 2. The summed E-state index contributed by atoms with van der Waals surface area (Å²) in [5.41, 5.74) is 1.30. The number of nitrogens with zero attached hydrogens (tertiary/aromatic N) is 1. The van der Waals surface area contributed by atoms with E-state index in [4.69, 9.17) is 11.6 Å². The van der Waals surface area contributed by atoms with E-state index in [0.29, 0.717) is 11.8 Å². The molecule has 0 spiro atoms. The van der Waals surface area contributed by atoms with E-state index in [-0.39, 0.29) is 16.0 Å². The fraction of sp³-hybridized carbons (Fsp3) is 0.625. The van der Waals surface area contributed by atoms with Crippen molar-refractivity contribution < 1.29 is 4.92 Å². The molecule has 3 nitrogen and oxygen atoms in total. The van der Waals surface area contributed by atoms with Crippen LogP contribution in [0.2, 0.25) is 0 Å². The van der Waals surface area contributed by atoms with Gasteiger partial charge in [0.05, 0.1) is 4.92 Å². The Kier molecular flexibility index (Phi) is 5.03. The van der Waals surface area contributed by atoms with E-state index >= 15 is 0 Å². The van der Waals surface area contributed by atoms with Crippen LogP contribution >= 0.6 is 11.6 Å². The van der Waals surface area contributed by atoms with Gasteiger partial charge in [0.1, 0.15) is 0 Å². The fourth-order valence-electron chi connectivity index (χ4n) is 3.14. The molecule has 0 radical (unpaired) electrons. The van der Waals surface area contributed by atoms with Crippen molar-refractivity contribution >= 4 is 17.3 Å². The van der Waals surface area contributed by atoms with E-state index in [1.807, 2.05) is 12.1 Å². The minimum Gasteiger partial charge on any atom is -0.258 e. The molecular weight excluding hydrogens is 274 g/mol. The van der Waals surface area contributed by atoms with Gasteiger partial charge in [0, 0.05) is 17.5 Å². The van der Waals surface area contributed by atoms with E-state index in [9.17, 15) is 10.1 Å². The summed E-state index contributed by atoms with van der Waals surface area (Å²) < 4.78 is 0. The van der Waals surface area contributed by atoms with Crippen LogP contribution in [0.5, 0.6) is 0 Å². The van der Waals surface area contributed by atoms with Crippen molar-refractivity contribution in [2.24, 2.45) is 17.8 Å². The number of halogens is 1. The van der Waals surface area contributed by atoms with Crippen molar-refractivity contribution in [2.45, 2.75) is 44.9 Å². The molecule has 1 aliphatic rings. The highest BCUT2D eigenvalue weighted by Crippen LogP contribution is 2.38. The molecule has 20 heavy (non-hydrogen) atoms. The van der Waals surface area contributed by atoms with Crippen molar-refractivity contribution in [3.05, 3.63) is 39.9 Å². The molecule has 1 fully saturated rings. The van der Waals surface area contributed by atoms with Crippen molar-refractivity contribution in [2.75, 3.05) is 0 Å². The first-order chi connectivity index (χ1) is 9.47. The highest BCUT2D eigenvalue weighted by atomic mass is 35.5. The van der Waals surface area contributed by atoms with Crippen LogP contribution in [-0.4, -0.2) is 10.3 Å². The maximum absolute atomic E-state index is 10.7. The summed E-state index contributed by atoms with van der Waals surface area (Å²) in [5.74, 6) is 1.95. The maximum Gasteiger partial charge on any atom is 0.269 e. The second-order valence-corrected chi connectivity index (χ2v) is 6.78. The zero-order valence-corrected chi connectivity index (χ0v) is 12.8. The highest BCUT2D eigenvalue weighted by molar-refractivity contribution is 6.20. The molecule has 2 rings (SSSR count). The molecule has 1 aliphatic carbocycles. The van der Waals surface area contributed by atoms with Crippen LogP contribution in [0.1, 0.15) is 38.7 Å². The van der Waals surface area contributed by atoms with Gasteiger partial charge in [-0.1, -0.05) is 26.0 Å². The van der Waals surface area contributed by atoms with Gasteiger partial charge in [-0.3, -0.25) is 10.1 Å². The lowest BCUT2D eigenvalue weighted by Gasteiger charge is -2.35. The molecule has 0 aromatic heterocycles. The van der Waals surface area contributed by atoms with Gasteiger partial charge < -0.3 is 0 Å². The zero-order valence-electron chi connectivity index (χ0n) is 12.1. The first-order valence-electron chi connectivity index (χ1n) is 7.34. The Morgan fingerprint density at radius 1 is 1.30 bits per heavy atom. The van der Waals surface area contributed by atoms with Crippen LogP contribution in [0.25, 0.3) is 0 Å². The van der Waals surface area contributed by atoms with Gasteiger partial charge in [-0.25, -0.2) is 0 Å². The third-order valence-electron chi connectivity index (χ3n) is 4.52. The monoisotopic (exact) mass is 295 g/mol.